The lowest BCUT2D eigenvalue weighted by Gasteiger charge is -2.29. The number of anilines is 3. The smallest absolute Gasteiger partial charge is 0.331 e. The predicted octanol–water partition coefficient (Wildman–Crippen LogP) is 3.56. The summed E-state index contributed by atoms with van der Waals surface area (Å²) < 4.78 is 5.78. The van der Waals surface area contributed by atoms with E-state index in [2.05, 4.69) is 22.2 Å². The molecule has 0 spiro atoms. The Morgan fingerprint density at radius 3 is 2.78 bits per heavy atom. The quantitative estimate of drug-likeness (QED) is 0.426. The minimum absolute atomic E-state index is 0.0252. The number of likely N-dealkylation sites (tertiary alicyclic amines) is 1. The second-order valence-electron chi connectivity index (χ2n) is 9.29. The van der Waals surface area contributed by atoms with Crippen LogP contribution in [0.15, 0.2) is 43.1 Å². The maximum atomic E-state index is 13.4. The molecule has 1 fully saturated rings. The van der Waals surface area contributed by atoms with E-state index in [9.17, 15) is 19.5 Å². The lowest BCUT2D eigenvalue weighted by molar-refractivity contribution is -0.125. The number of nitrogens with one attached hydrogen (secondary N) is 2. The Balaban J connectivity index is 1.48. The van der Waals surface area contributed by atoms with Gasteiger partial charge in [-0.2, -0.15) is 0 Å². The SMILES string of the molecule is C=CC(=O)N1C[C@@H](O)[C@@H](NC(=O)c2sc3nccc4c3c2NC(=O)N4c2ccc(OC(C)C)cc2C)C1. The number of pyridine rings is 1. The molecule has 0 unspecified atom stereocenters. The van der Waals surface area contributed by atoms with Crippen molar-refractivity contribution in [1.82, 2.24) is 15.2 Å². The minimum Gasteiger partial charge on any atom is -0.491 e. The molecule has 0 aliphatic carbocycles. The van der Waals surface area contributed by atoms with Gasteiger partial charge in [0.25, 0.3) is 5.91 Å². The monoisotopic (exact) mass is 521 g/mol. The van der Waals surface area contributed by atoms with Gasteiger partial charge in [-0.25, -0.2) is 9.78 Å². The zero-order valence-corrected chi connectivity index (χ0v) is 21.5. The van der Waals surface area contributed by atoms with Gasteiger partial charge in [-0.1, -0.05) is 6.58 Å². The molecule has 0 saturated carbocycles. The number of benzene rings is 1. The first-order valence-electron chi connectivity index (χ1n) is 11.9. The first kappa shape index (κ1) is 24.7. The van der Waals surface area contributed by atoms with Crippen LogP contribution in [0.25, 0.3) is 10.2 Å². The van der Waals surface area contributed by atoms with Crippen molar-refractivity contribution in [2.45, 2.75) is 39.0 Å². The van der Waals surface area contributed by atoms with Crippen molar-refractivity contribution in [3.05, 3.63) is 53.6 Å². The molecule has 37 heavy (non-hydrogen) atoms. The number of aromatic nitrogens is 1. The first-order valence-corrected chi connectivity index (χ1v) is 12.7. The fourth-order valence-electron chi connectivity index (χ4n) is 4.68. The number of β-amino-alcohol motifs (C(OH)–C–C–N with tert-alkyl or cyclic N) is 1. The molecule has 2 atom stereocenters. The number of aryl methyl sites for hydroxylation is 1. The summed E-state index contributed by atoms with van der Waals surface area (Å²) in [5.74, 6) is -0.0553. The van der Waals surface area contributed by atoms with E-state index in [4.69, 9.17) is 4.74 Å². The summed E-state index contributed by atoms with van der Waals surface area (Å²) >= 11 is 1.16. The molecule has 10 nitrogen and oxygen atoms in total. The maximum absolute atomic E-state index is 13.4. The van der Waals surface area contributed by atoms with Crippen LogP contribution in [0.1, 0.15) is 29.1 Å². The number of ether oxygens (including phenoxy) is 1. The van der Waals surface area contributed by atoms with Crippen LogP contribution in [-0.4, -0.2) is 64.2 Å². The molecule has 3 aromatic rings. The van der Waals surface area contributed by atoms with Gasteiger partial charge in [0.1, 0.15) is 15.5 Å². The van der Waals surface area contributed by atoms with E-state index in [1.807, 2.05) is 39.0 Å². The van der Waals surface area contributed by atoms with Gasteiger partial charge in [0.05, 0.1) is 40.7 Å². The average Bonchev–Trinajstić information content (AvgIpc) is 3.40. The van der Waals surface area contributed by atoms with Crippen LogP contribution in [0.5, 0.6) is 5.75 Å². The van der Waals surface area contributed by atoms with Crippen LogP contribution in [0.3, 0.4) is 0 Å². The maximum Gasteiger partial charge on any atom is 0.331 e. The second-order valence-corrected chi connectivity index (χ2v) is 10.3. The third-order valence-corrected chi connectivity index (χ3v) is 7.42. The van der Waals surface area contributed by atoms with Gasteiger partial charge >= 0.3 is 6.03 Å². The van der Waals surface area contributed by atoms with Crippen molar-refractivity contribution in [2.24, 2.45) is 0 Å². The van der Waals surface area contributed by atoms with Crippen LogP contribution in [0, 0.1) is 6.92 Å². The number of rotatable bonds is 6. The standard InChI is InChI=1S/C26H27N5O5S/c1-5-20(33)30-11-16(19(32)12-30)28-24(34)23-22-21-18(8-9-27-25(21)37-23)31(26(35)29-22)17-7-6-15(10-14(17)4)36-13(2)3/h5-10,13,16,19,32H,1,11-12H2,2-4H3,(H,28,34)(H,29,35)/t16-,19+/m0/s1. The Bertz CT molecular complexity index is 1430. The molecule has 3 N–H and O–H groups in total. The number of carbonyl (C=O) groups is 3. The highest BCUT2D eigenvalue weighted by atomic mass is 32.1. The first-order chi connectivity index (χ1) is 17.7. The Hall–Kier alpha value is -3.96. The molecular formula is C26H27N5O5S. The Morgan fingerprint density at radius 1 is 1.30 bits per heavy atom. The lowest BCUT2D eigenvalue weighted by atomic mass is 10.1. The third-order valence-electron chi connectivity index (χ3n) is 6.32. The van der Waals surface area contributed by atoms with E-state index >= 15 is 0 Å². The van der Waals surface area contributed by atoms with Gasteiger partial charge in [-0.05, 0) is 56.7 Å². The van der Waals surface area contributed by atoms with Crippen molar-refractivity contribution < 1.29 is 24.2 Å². The number of carbonyl (C=O) groups excluding carboxylic acids is 3. The molecule has 4 amide bonds. The van der Waals surface area contributed by atoms with Crippen LogP contribution >= 0.6 is 11.3 Å². The third kappa shape index (κ3) is 4.40. The lowest BCUT2D eigenvalue weighted by Crippen LogP contribution is -2.43. The molecule has 0 bridgehead atoms. The highest BCUT2D eigenvalue weighted by Gasteiger charge is 2.37. The number of hydrogen-bond acceptors (Lipinski definition) is 7. The van der Waals surface area contributed by atoms with Gasteiger partial charge in [-0.15, -0.1) is 11.3 Å². The topological polar surface area (TPSA) is 124 Å². The molecule has 1 aromatic carbocycles. The Morgan fingerprint density at radius 2 is 2.08 bits per heavy atom. The highest BCUT2D eigenvalue weighted by Crippen LogP contribution is 2.46. The molecule has 2 aliphatic rings. The number of aliphatic hydroxyl groups excluding tert-OH is 1. The van der Waals surface area contributed by atoms with E-state index in [0.29, 0.717) is 33.0 Å². The summed E-state index contributed by atoms with van der Waals surface area (Å²) in [6, 6.07) is 6.24. The van der Waals surface area contributed by atoms with Crippen molar-refractivity contribution in [1.29, 1.82) is 0 Å². The zero-order valence-electron chi connectivity index (χ0n) is 20.6. The largest absolute Gasteiger partial charge is 0.491 e. The summed E-state index contributed by atoms with van der Waals surface area (Å²) in [5, 5.41) is 16.7. The van der Waals surface area contributed by atoms with Crippen molar-refractivity contribution in [3.63, 3.8) is 0 Å². The predicted molar refractivity (Wildman–Crippen MR) is 142 cm³/mol. The van der Waals surface area contributed by atoms with E-state index in [1.54, 1.807) is 17.2 Å². The van der Waals surface area contributed by atoms with Gasteiger partial charge in [0.15, 0.2) is 0 Å². The number of hydrogen-bond donors (Lipinski definition) is 3. The van der Waals surface area contributed by atoms with E-state index in [1.165, 1.54) is 11.0 Å². The number of urea groups is 1. The molecule has 11 heteroatoms. The molecule has 192 valence electrons. The molecule has 2 aromatic heterocycles. The van der Waals surface area contributed by atoms with Gasteiger partial charge in [0, 0.05) is 19.3 Å². The van der Waals surface area contributed by atoms with Crippen LogP contribution < -0.4 is 20.3 Å². The number of aliphatic hydroxyl groups is 1. The van der Waals surface area contributed by atoms with E-state index < -0.39 is 24.1 Å². The number of thiophene rings is 1. The minimum atomic E-state index is -0.914. The number of nitrogens with zero attached hydrogens (tertiary/aromatic N) is 3. The normalized spacial score (nSPS) is 18.8. The Labute approximate surface area is 217 Å². The van der Waals surface area contributed by atoms with Crippen molar-refractivity contribution in [2.75, 3.05) is 23.3 Å². The fourth-order valence-corrected chi connectivity index (χ4v) is 5.70. The van der Waals surface area contributed by atoms with Gasteiger partial charge < -0.3 is 25.4 Å². The highest BCUT2D eigenvalue weighted by molar-refractivity contribution is 7.21. The van der Waals surface area contributed by atoms with Crippen LogP contribution in [0.4, 0.5) is 21.9 Å². The fraction of sp³-hybridized carbons (Fsp3) is 0.308. The summed E-state index contributed by atoms with van der Waals surface area (Å²) in [7, 11) is 0. The second kappa shape index (κ2) is 9.49. The van der Waals surface area contributed by atoms with E-state index in [-0.39, 0.29) is 30.0 Å². The van der Waals surface area contributed by atoms with Gasteiger partial charge in [-0.3, -0.25) is 14.5 Å². The van der Waals surface area contributed by atoms with Crippen molar-refractivity contribution in [3.8, 4) is 5.75 Å². The molecule has 4 heterocycles. The molecule has 0 radical (unpaired) electrons. The zero-order chi connectivity index (χ0) is 26.4. The summed E-state index contributed by atoms with van der Waals surface area (Å²) in [4.78, 5) is 46.9. The van der Waals surface area contributed by atoms with Gasteiger partial charge in [0.2, 0.25) is 5.91 Å². The van der Waals surface area contributed by atoms with E-state index in [0.717, 1.165) is 16.9 Å². The van der Waals surface area contributed by atoms with Crippen LogP contribution in [0.2, 0.25) is 0 Å². The van der Waals surface area contributed by atoms with Crippen LogP contribution in [-0.2, 0) is 4.79 Å². The Kier molecular flexibility index (Phi) is 6.34. The summed E-state index contributed by atoms with van der Waals surface area (Å²) in [6.07, 6.45) is 1.89. The summed E-state index contributed by atoms with van der Waals surface area (Å²) in [5.41, 5.74) is 2.53. The molecular weight excluding hydrogens is 494 g/mol. The average molecular weight is 522 g/mol. The molecule has 5 rings (SSSR count). The molecule has 1 saturated heterocycles. The van der Waals surface area contributed by atoms with Crippen molar-refractivity contribution >= 4 is 56.5 Å². The number of amides is 4. The summed E-state index contributed by atoms with van der Waals surface area (Å²) in [6.45, 7) is 9.54. The molecule has 2 aliphatic heterocycles.